The van der Waals surface area contributed by atoms with Crippen molar-refractivity contribution >= 4 is 23.4 Å². The largest absolute Gasteiger partial charge is 0.444 e. The topological polar surface area (TPSA) is 58.6 Å². The predicted octanol–water partition coefficient (Wildman–Crippen LogP) is 3.77. The van der Waals surface area contributed by atoms with Gasteiger partial charge in [-0.25, -0.2) is 4.79 Å². The first kappa shape index (κ1) is 16.7. The fourth-order valence-electron chi connectivity index (χ4n) is 1.39. The number of aliphatic hydroxyl groups is 1. The van der Waals surface area contributed by atoms with Gasteiger partial charge in [-0.05, 0) is 39.0 Å². The molecule has 0 saturated carbocycles. The minimum Gasteiger partial charge on any atom is -0.444 e. The average molecular weight is 308 g/mol. The van der Waals surface area contributed by atoms with Crippen molar-refractivity contribution in [3.8, 4) is 0 Å². The number of carbonyl (C=O) groups excluding carboxylic acids is 1. The smallest absolute Gasteiger partial charge is 0.412 e. The number of rotatable bonds is 3. The van der Waals surface area contributed by atoms with E-state index in [0.29, 0.717) is 0 Å². The first-order valence-electron chi connectivity index (χ1n) is 5.84. The molecule has 0 spiro atoms. The van der Waals surface area contributed by atoms with E-state index in [2.05, 4.69) is 5.32 Å². The van der Waals surface area contributed by atoms with Crippen molar-refractivity contribution in [1.29, 1.82) is 0 Å². The molecular formula is C13H16ClF2NO3. The normalized spacial score (nSPS) is 12.2. The maximum Gasteiger partial charge on any atom is 0.412 e. The van der Waals surface area contributed by atoms with Crippen LogP contribution in [0.5, 0.6) is 0 Å². The number of hydrogen-bond donors (Lipinski definition) is 2. The lowest BCUT2D eigenvalue weighted by Crippen LogP contribution is -2.27. The minimum atomic E-state index is -3.48. The Hall–Kier alpha value is -1.40. The highest BCUT2D eigenvalue weighted by atomic mass is 35.5. The zero-order chi connectivity index (χ0) is 15.6. The molecule has 0 aliphatic rings. The average Bonchev–Trinajstić information content (AvgIpc) is 2.29. The molecular weight excluding hydrogens is 292 g/mol. The quantitative estimate of drug-likeness (QED) is 0.893. The van der Waals surface area contributed by atoms with Crippen molar-refractivity contribution in [1.82, 2.24) is 0 Å². The van der Waals surface area contributed by atoms with Crippen molar-refractivity contribution in [2.45, 2.75) is 32.3 Å². The number of ether oxygens (including phenoxy) is 1. The highest BCUT2D eigenvalue weighted by Crippen LogP contribution is 2.34. The van der Waals surface area contributed by atoms with Crippen molar-refractivity contribution in [3.63, 3.8) is 0 Å². The number of amides is 1. The molecule has 0 unspecified atom stereocenters. The molecule has 0 atom stereocenters. The number of hydrogen-bond acceptors (Lipinski definition) is 3. The molecule has 1 rings (SSSR count). The number of benzene rings is 1. The highest BCUT2D eigenvalue weighted by molar-refractivity contribution is 6.31. The third-order valence-corrected chi connectivity index (χ3v) is 2.53. The van der Waals surface area contributed by atoms with Crippen LogP contribution in [0.4, 0.5) is 19.3 Å². The van der Waals surface area contributed by atoms with Crippen LogP contribution in [0.25, 0.3) is 0 Å². The van der Waals surface area contributed by atoms with E-state index in [0.717, 1.165) is 6.07 Å². The number of alkyl halides is 2. The monoisotopic (exact) mass is 307 g/mol. The fraction of sp³-hybridized carbons (Fsp3) is 0.462. The van der Waals surface area contributed by atoms with Crippen LogP contribution in [0.1, 0.15) is 26.3 Å². The van der Waals surface area contributed by atoms with Crippen molar-refractivity contribution in [2.75, 3.05) is 11.9 Å². The summed E-state index contributed by atoms with van der Waals surface area (Å²) < 4.78 is 31.9. The van der Waals surface area contributed by atoms with Gasteiger partial charge in [0.05, 0.1) is 0 Å². The number of nitrogens with one attached hydrogen (secondary N) is 1. The Bertz CT molecular complexity index is 501. The van der Waals surface area contributed by atoms with E-state index in [-0.39, 0.29) is 10.7 Å². The van der Waals surface area contributed by atoms with Crippen molar-refractivity contribution < 1.29 is 23.4 Å². The summed E-state index contributed by atoms with van der Waals surface area (Å²) in [6.07, 6.45) is -0.766. The number of carbonyl (C=O) groups is 1. The van der Waals surface area contributed by atoms with Gasteiger partial charge in [0.2, 0.25) is 0 Å². The van der Waals surface area contributed by atoms with Gasteiger partial charge in [0.15, 0.2) is 0 Å². The zero-order valence-corrected chi connectivity index (χ0v) is 12.1. The molecule has 0 fully saturated rings. The van der Waals surface area contributed by atoms with Gasteiger partial charge >= 0.3 is 6.09 Å². The lowest BCUT2D eigenvalue weighted by molar-refractivity contribution is -0.0554. The number of halogens is 3. The van der Waals surface area contributed by atoms with Crippen LogP contribution >= 0.6 is 11.6 Å². The van der Waals surface area contributed by atoms with Gasteiger partial charge in [0.25, 0.3) is 5.92 Å². The molecule has 0 bridgehead atoms. The molecule has 7 heteroatoms. The second-order valence-corrected chi connectivity index (χ2v) is 5.59. The second-order valence-electron chi connectivity index (χ2n) is 5.18. The number of anilines is 1. The first-order valence-corrected chi connectivity index (χ1v) is 6.22. The van der Waals surface area contributed by atoms with Crippen molar-refractivity contribution in [2.24, 2.45) is 0 Å². The second kappa shape index (κ2) is 5.93. The van der Waals surface area contributed by atoms with Crippen LogP contribution < -0.4 is 5.32 Å². The zero-order valence-electron chi connectivity index (χ0n) is 11.3. The van der Waals surface area contributed by atoms with E-state index < -0.39 is 29.8 Å². The summed E-state index contributed by atoms with van der Waals surface area (Å²) >= 11 is 5.67. The van der Waals surface area contributed by atoms with Gasteiger partial charge in [-0.3, -0.25) is 5.32 Å². The molecule has 1 aromatic carbocycles. The predicted molar refractivity (Wildman–Crippen MR) is 72.3 cm³/mol. The Morgan fingerprint density at radius 3 is 2.50 bits per heavy atom. The Balaban J connectivity index is 2.94. The molecule has 20 heavy (non-hydrogen) atoms. The molecule has 2 N–H and O–H groups in total. The highest BCUT2D eigenvalue weighted by Gasteiger charge is 2.33. The summed E-state index contributed by atoms with van der Waals surface area (Å²) in [6.45, 7) is 3.67. The summed E-state index contributed by atoms with van der Waals surface area (Å²) in [6, 6.07) is 3.58. The molecule has 0 aromatic heterocycles. The lowest BCUT2D eigenvalue weighted by Gasteiger charge is -2.20. The van der Waals surface area contributed by atoms with E-state index in [1.807, 2.05) is 0 Å². The molecule has 1 aromatic rings. The molecule has 0 aliphatic carbocycles. The van der Waals surface area contributed by atoms with Crippen molar-refractivity contribution in [3.05, 3.63) is 28.8 Å². The van der Waals surface area contributed by atoms with E-state index in [1.165, 1.54) is 12.1 Å². The summed E-state index contributed by atoms with van der Waals surface area (Å²) in [5.41, 5.74) is -1.16. The number of aliphatic hydroxyl groups excluding tert-OH is 1. The maximum atomic E-state index is 13.5. The van der Waals surface area contributed by atoms with Gasteiger partial charge in [0.1, 0.15) is 12.2 Å². The van der Waals surface area contributed by atoms with E-state index >= 15 is 0 Å². The Labute approximate surface area is 120 Å². The third kappa shape index (κ3) is 4.61. The van der Waals surface area contributed by atoms with Crippen LogP contribution in [-0.4, -0.2) is 23.4 Å². The maximum absolute atomic E-state index is 13.5. The molecule has 0 saturated heterocycles. The lowest BCUT2D eigenvalue weighted by atomic mass is 10.1. The van der Waals surface area contributed by atoms with E-state index in [9.17, 15) is 13.6 Å². The summed E-state index contributed by atoms with van der Waals surface area (Å²) in [5.74, 6) is -3.48. The van der Waals surface area contributed by atoms with Gasteiger partial charge in [-0.2, -0.15) is 8.78 Å². The first-order chi connectivity index (χ1) is 9.05. The van der Waals surface area contributed by atoms with E-state index in [4.69, 9.17) is 21.4 Å². The van der Waals surface area contributed by atoms with Crippen LogP contribution in [-0.2, 0) is 10.7 Å². The Kier molecular flexibility index (Phi) is 4.94. The van der Waals surface area contributed by atoms with E-state index in [1.54, 1.807) is 20.8 Å². The molecule has 0 radical (unpaired) electrons. The summed E-state index contributed by atoms with van der Waals surface area (Å²) in [4.78, 5) is 11.5. The SMILES string of the molecule is CC(C)(C)OC(=O)Nc1ccc(Cl)c(C(F)(F)CO)c1. The standard InChI is InChI=1S/C13H16ClF2NO3/c1-12(2,3)20-11(19)17-8-4-5-10(14)9(6-8)13(15,16)7-18/h4-6,18H,7H2,1-3H3,(H,17,19). The van der Waals surface area contributed by atoms with Gasteiger partial charge in [-0.15, -0.1) is 0 Å². The molecule has 4 nitrogen and oxygen atoms in total. The fourth-order valence-corrected chi connectivity index (χ4v) is 1.65. The summed E-state index contributed by atoms with van der Waals surface area (Å²) in [7, 11) is 0. The van der Waals surface area contributed by atoms with Gasteiger partial charge in [-0.1, -0.05) is 11.6 Å². The molecule has 0 aliphatic heterocycles. The third-order valence-electron chi connectivity index (χ3n) is 2.20. The molecule has 112 valence electrons. The Morgan fingerprint density at radius 1 is 1.40 bits per heavy atom. The van der Waals surface area contributed by atoms with Crippen LogP contribution in [0.15, 0.2) is 18.2 Å². The minimum absolute atomic E-state index is 0.103. The van der Waals surface area contributed by atoms with Crippen LogP contribution in [0.2, 0.25) is 5.02 Å². The molecule has 0 heterocycles. The van der Waals surface area contributed by atoms with Crippen LogP contribution in [0, 0.1) is 0 Å². The summed E-state index contributed by atoms with van der Waals surface area (Å²) in [5, 5.41) is 10.8. The van der Waals surface area contributed by atoms with Gasteiger partial charge < -0.3 is 9.84 Å². The Morgan fingerprint density at radius 2 is 2.00 bits per heavy atom. The van der Waals surface area contributed by atoms with Crippen LogP contribution in [0.3, 0.4) is 0 Å². The molecule has 1 amide bonds. The van der Waals surface area contributed by atoms with Gasteiger partial charge in [0, 0.05) is 16.3 Å².